The molecule has 7 amide bonds. The summed E-state index contributed by atoms with van der Waals surface area (Å²) in [4.78, 5) is 98.4. The fourth-order valence-corrected chi connectivity index (χ4v) is 3.85. The third-order valence-corrected chi connectivity index (χ3v) is 7.18. The summed E-state index contributed by atoms with van der Waals surface area (Å²) < 4.78 is 0. The number of aliphatic carboxylic acids is 1. The number of carbonyl (C=O) groups is 8. The first kappa shape index (κ1) is 44.6. The fourth-order valence-electron chi connectivity index (χ4n) is 3.85. The van der Waals surface area contributed by atoms with Crippen molar-refractivity contribution in [1.29, 1.82) is 0 Å². The van der Waals surface area contributed by atoms with E-state index in [-0.39, 0.29) is 5.92 Å². The Hall–Kier alpha value is -4.44. The molecule has 0 aliphatic carbocycles. The Kier molecular flexibility index (Phi) is 20.2. The highest BCUT2D eigenvalue weighted by molar-refractivity contribution is 5.96. The smallest absolute Gasteiger partial charge is 0.326 e. The van der Waals surface area contributed by atoms with Crippen molar-refractivity contribution in [3.63, 3.8) is 0 Å². The van der Waals surface area contributed by atoms with Crippen LogP contribution in [0.5, 0.6) is 0 Å². The molecule has 0 aromatic rings. The molecule has 0 bridgehead atoms. The number of nitrogens with two attached hydrogens (primary N) is 1. The van der Waals surface area contributed by atoms with Crippen molar-refractivity contribution in [2.24, 2.45) is 17.6 Å². The van der Waals surface area contributed by atoms with Crippen molar-refractivity contribution in [2.75, 3.05) is 32.9 Å². The number of hydrogen-bond acceptors (Lipinski definition) is 13. The zero-order valence-electron chi connectivity index (χ0n) is 28.0. The van der Waals surface area contributed by atoms with Crippen LogP contribution in [-0.4, -0.2) is 148 Å². The quantitative estimate of drug-likeness (QED) is 0.0498. The van der Waals surface area contributed by atoms with Crippen LogP contribution in [-0.2, 0) is 38.4 Å². The minimum atomic E-state index is -1.77. The Morgan fingerprint density at radius 1 is 0.592 bits per heavy atom. The lowest BCUT2D eigenvalue weighted by atomic mass is 9.99. The normalized spacial score (nSPS) is 15.9. The molecule has 49 heavy (non-hydrogen) atoms. The lowest BCUT2D eigenvalue weighted by molar-refractivity contribution is -0.144. The summed E-state index contributed by atoms with van der Waals surface area (Å²) in [5.74, 6) is -9.00. The maximum atomic E-state index is 12.7. The third kappa shape index (κ3) is 15.5. The number of carboxylic acid groups (broad SMARTS) is 1. The lowest BCUT2D eigenvalue weighted by Gasteiger charge is -2.27. The molecular weight excluding hydrogens is 656 g/mol. The van der Waals surface area contributed by atoms with E-state index in [1.54, 1.807) is 6.92 Å². The predicted octanol–water partition coefficient (Wildman–Crippen LogP) is -6.89. The predicted molar refractivity (Wildman–Crippen MR) is 169 cm³/mol. The molecule has 0 aliphatic heterocycles. The molecule has 280 valence electrons. The van der Waals surface area contributed by atoms with Crippen molar-refractivity contribution in [3.8, 4) is 0 Å². The molecule has 21 heteroatoms. The minimum absolute atomic E-state index is 0.156. The molecule has 0 aliphatic rings. The van der Waals surface area contributed by atoms with Crippen molar-refractivity contribution in [3.05, 3.63) is 0 Å². The topological polar surface area (TPSA) is 348 Å². The van der Waals surface area contributed by atoms with Gasteiger partial charge in [0.05, 0.1) is 45.1 Å². The van der Waals surface area contributed by atoms with Crippen LogP contribution in [0, 0.1) is 11.8 Å². The fraction of sp³-hybridized carbons (Fsp3) is 0.714. The maximum absolute atomic E-state index is 12.7. The molecule has 0 rings (SSSR count). The molecule has 0 aromatic heterocycles. The van der Waals surface area contributed by atoms with Crippen LogP contribution >= 0.6 is 0 Å². The molecule has 0 fully saturated rings. The van der Waals surface area contributed by atoms with Crippen LogP contribution in [0.2, 0.25) is 0 Å². The van der Waals surface area contributed by atoms with Crippen LogP contribution in [0.25, 0.3) is 0 Å². The minimum Gasteiger partial charge on any atom is -0.480 e. The molecule has 8 atom stereocenters. The van der Waals surface area contributed by atoms with Crippen LogP contribution in [0.3, 0.4) is 0 Å². The number of carboxylic acids is 1. The highest BCUT2D eigenvalue weighted by atomic mass is 16.4. The van der Waals surface area contributed by atoms with Gasteiger partial charge in [-0.1, -0.05) is 34.1 Å². The van der Waals surface area contributed by atoms with Gasteiger partial charge >= 0.3 is 5.97 Å². The van der Waals surface area contributed by atoms with Gasteiger partial charge in [0.2, 0.25) is 41.4 Å². The van der Waals surface area contributed by atoms with Crippen LogP contribution < -0.4 is 43.0 Å². The van der Waals surface area contributed by atoms with Crippen LogP contribution in [0.1, 0.15) is 41.0 Å². The summed E-state index contributed by atoms with van der Waals surface area (Å²) in [6.07, 6.45) is -0.923. The Morgan fingerprint density at radius 2 is 1.00 bits per heavy atom. The summed E-state index contributed by atoms with van der Waals surface area (Å²) in [5, 5.41) is 63.1. The molecule has 0 unspecified atom stereocenters. The van der Waals surface area contributed by atoms with Gasteiger partial charge in [0.15, 0.2) is 0 Å². The Balaban J connectivity index is 5.15. The monoisotopic (exact) mass is 706 g/mol. The van der Waals surface area contributed by atoms with E-state index in [2.05, 4.69) is 31.9 Å². The average molecular weight is 707 g/mol. The molecule has 0 saturated carbocycles. The van der Waals surface area contributed by atoms with E-state index in [0.717, 1.165) is 6.92 Å². The first-order chi connectivity index (χ1) is 22.8. The molecule has 0 spiro atoms. The number of nitrogens with one attached hydrogen (secondary N) is 7. The summed E-state index contributed by atoms with van der Waals surface area (Å²) in [5.41, 5.74) is 5.78. The maximum Gasteiger partial charge on any atom is 0.326 e. The standard InChI is InChI=1S/C28H50N8O13/c1-6-13(4)20(29)26(46)31-8-19(42)32-15(9-37)23(43)30-7-18(41)33-16(10-38)24(44)34-17(11-39)25(45)36-22(14(5)40)27(47)35-21(12(2)3)28(48)49/h12-17,20-22,37-40H,6-11,29H2,1-5H3,(H,30,43)(H,31,46)(H,32,42)(H,33,41)(H,34,44)(H,35,47)(H,36,45)(H,48,49)/t13-,14+,15-,16-,17-,20-,21-,22-/m0/s1. The Bertz CT molecular complexity index is 1170. The Morgan fingerprint density at radius 3 is 1.41 bits per heavy atom. The van der Waals surface area contributed by atoms with Gasteiger partial charge in [0.1, 0.15) is 30.2 Å². The second-order valence-corrected chi connectivity index (χ2v) is 11.5. The molecule has 21 nitrogen and oxygen atoms in total. The highest BCUT2D eigenvalue weighted by Gasteiger charge is 2.34. The van der Waals surface area contributed by atoms with Crippen molar-refractivity contribution < 1.29 is 63.9 Å². The third-order valence-electron chi connectivity index (χ3n) is 7.18. The number of aliphatic hydroxyl groups excluding tert-OH is 4. The van der Waals surface area contributed by atoms with Gasteiger partial charge in [-0.15, -0.1) is 0 Å². The van der Waals surface area contributed by atoms with E-state index >= 15 is 0 Å². The summed E-state index contributed by atoms with van der Waals surface area (Å²) in [7, 11) is 0. The first-order valence-corrected chi connectivity index (χ1v) is 15.4. The zero-order chi connectivity index (χ0) is 38.0. The van der Waals surface area contributed by atoms with E-state index in [1.165, 1.54) is 13.8 Å². The molecule has 14 N–H and O–H groups in total. The van der Waals surface area contributed by atoms with Gasteiger partial charge in [0, 0.05) is 0 Å². The summed E-state index contributed by atoms with van der Waals surface area (Å²) in [6, 6.07) is -8.94. The van der Waals surface area contributed by atoms with Crippen molar-refractivity contribution in [1.82, 2.24) is 37.2 Å². The number of rotatable bonds is 22. The summed E-state index contributed by atoms with van der Waals surface area (Å²) in [6.45, 7) is 3.43. The van der Waals surface area contributed by atoms with Crippen LogP contribution in [0.4, 0.5) is 0 Å². The first-order valence-electron chi connectivity index (χ1n) is 15.4. The van der Waals surface area contributed by atoms with E-state index in [0.29, 0.717) is 6.42 Å². The van der Waals surface area contributed by atoms with Gasteiger partial charge in [-0.2, -0.15) is 0 Å². The lowest BCUT2D eigenvalue weighted by Crippen LogP contribution is -2.61. The molecule has 0 saturated heterocycles. The number of carbonyl (C=O) groups excluding carboxylic acids is 7. The second-order valence-electron chi connectivity index (χ2n) is 11.5. The molecule has 0 heterocycles. The second kappa shape index (κ2) is 22.2. The van der Waals surface area contributed by atoms with E-state index in [4.69, 9.17) is 5.73 Å². The van der Waals surface area contributed by atoms with Gasteiger partial charge in [0.25, 0.3) is 0 Å². The van der Waals surface area contributed by atoms with Gasteiger partial charge in [-0.05, 0) is 18.8 Å². The van der Waals surface area contributed by atoms with Crippen LogP contribution in [0.15, 0.2) is 0 Å². The molecular formula is C28H50N8O13. The average Bonchev–Trinajstić information content (AvgIpc) is 3.05. The van der Waals surface area contributed by atoms with Crippen molar-refractivity contribution >= 4 is 47.3 Å². The Labute approximate surface area is 282 Å². The van der Waals surface area contributed by atoms with E-state index < -0.39 is 129 Å². The number of aliphatic hydroxyl groups is 4. The van der Waals surface area contributed by atoms with Gasteiger partial charge in [-0.25, -0.2) is 4.79 Å². The van der Waals surface area contributed by atoms with E-state index in [9.17, 15) is 63.9 Å². The number of amides is 7. The molecule has 0 aromatic carbocycles. The van der Waals surface area contributed by atoms with E-state index in [1.807, 2.05) is 12.2 Å². The van der Waals surface area contributed by atoms with Gasteiger partial charge < -0.3 is 68.5 Å². The zero-order valence-corrected chi connectivity index (χ0v) is 28.0. The highest BCUT2D eigenvalue weighted by Crippen LogP contribution is 2.05. The summed E-state index contributed by atoms with van der Waals surface area (Å²) >= 11 is 0. The number of hydrogen-bond donors (Lipinski definition) is 13. The van der Waals surface area contributed by atoms with Crippen molar-refractivity contribution in [2.45, 2.75) is 83.4 Å². The SMILES string of the molecule is CC[C@H](C)[C@H](N)C(=O)NCC(=O)N[C@@H](CO)C(=O)NCC(=O)N[C@@H](CO)C(=O)N[C@@H](CO)C(=O)N[C@H](C(=O)N[C@H](C(=O)O)C(C)C)[C@@H](C)O. The molecule has 0 radical (unpaired) electrons. The van der Waals surface area contributed by atoms with Gasteiger partial charge in [-0.3, -0.25) is 33.6 Å². The largest absolute Gasteiger partial charge is 0.480 e.